The van der Waals surface area contributed by atoms with E-state index in [4.69, 9.17) is 9.47 Å². The zero-order chi connectivity index (χ0) is 24.5. The third-order valence-corrected chi connectivity index (χ3v) is 6.09. The Bertz CT molecular complexity index is 1370. The van der Waals surface area contributed by atoms with E-state index in [1.807, 2.05) is 0 Å². The monoisotopic (exact) mass is 481 g/mol. The first-order valence-electron chi connectivity index (χ1n) is 11.3. The molecule has 2 N–H and O–H groups in total. The van der Waals surface area contributed by atoms with E-state index in [2.05, 4.69) is 15.6 Å². The number of carbonyl (C=O) groups is 2. The number of aryl methyl sites for hydroxylation is 2. The Labute approximate surface area is 199 Å². The van der Waals surface area contributed by atoms with Crippen molar-refractivity contribution in [1.82, 2.24) is 14.9 Å². The zero-order valence-electron chi connectivity index (χ0n) is 19.0. The second-order valence-electron chi connectivity index (χ2n) is 8.47. The van der Waals surface area contributed by atoms with Crippen LogP contribution in [0.2, 0.25) is 0 Å². The third-order valence-electron chi connectivity index (χ3n) is 6.09. The number of benzene rings is 1. The molecule has 11 heteroatoms. The second-order valence-corrected chi connectivity index (χ2v) is 8.47. The van der Waals surface area contributed by atoms with E-state index in [1.165, 1.54) is 21.6 Å². The molecule has 5 rings (SSSR count). The molecule has 1 atom stereocenters. The number of nitrogens with one attached hydrogen (secondary N) is 2. The highest BCUT2D eigenvalue weighted by molar-refractivity contribution is 5.95. The van der Waals surface area contributed by atoms with Crippen LogP contribution in [0.25, 0.3) is 10.9 Å². The van der Waals surface area contributed by atoms with Gasteiger partial charge in [0.1, 0.15) is 17.7 Å². The molecule has 2 aromatic heterocycles. The molecule has 0 bridgehead atoms. The number of cyclic esters (lactones) is 1. The van der Waals surface area contributed by atoms with Crippen molar-refractivity contribution in [2.75, 3.05) is 36.5 Å². The largest absolute Gasteiger partial charge is 0.480 e. The lowest BCUT2D eigenvalue weighted by atomic mass is 10.0. The van der Waals surface area contributed by atoms with Crippen molar-refractivity contribution in [3.8, 4) is 5.75 Å². The van der Waals surface area contributed by atoms with Crippen LogP contribution in [-0.2, 0) is 23.0 Å². The number of halogens is 1. The third kappa shape index (κ3) is 4.54. The molecule has 0 saturated carbocycles. The molecule has 1 saturated heterocycles. The summed E-state index contributed by atoms with van der Waals surface area (Å²) in [6, 6.07) is 9.56. The van der Waals surface area contributed by atoms with E-state index in [1.54, 1.807) is 31.3 Å². The zero-order valence-corrected chi connectivity index (χ0v) is 19.0. The average Bonchev–Trinajstić information content (AvgIpc) is 3.22. The van der Waals surface area contributed by atoms with Crippen molar-refractivity contribution in [3.63, 3.8) is 0 Å². The van der Waals surface area contributed by atoms with Gasteiger partial charge in [-0.25, -0.2) is 14.2 Å². The van der Waals surface area contributed by atoms with E-state index in [9.17, 15) is 18.8 Å². The second kappa shape index (κ2) is 9.34. The summed E-state index contributed by atoms with van der Waals surface area (Å²) in [6.07, 6.45) is 0.180. The fraction of sp³-hybridized carbons (Fsp3) is 0.333. The number of fused-ring (bicyclic) bond motifs is 2. The van der Waals surface area contributed by atoms with Gasteiger partial charge in [0.05, 0.1) is 12.1 Å². The molecule has 1 fully saturated rings. The maximum Gasteiger partial charge on any atom is 0.416 e. The summed E-state index contributed by atoms with van der Waals surface area (Å²) < 4.78 is 26.7. The Morgan fingerprint density at radius 3 is 2.86 bits per heavy atom. The van der Waals surface area contributed by atoms with Crippen LogP contribution in [0.1, 0.15) is 12.0 Å². The van der Waals surface area contributed by atoms with Gasteiger partial charge in [-0.2, -0.15) is 0 Å². The van der Waals surface area contributed by atoms with Crippen molar-refractivity contribution in [2.45, 2.75) is 18.9 Å². The summed E-state index contributed by atoms with van der Waals surface area (Å²) in [4.78, 5) is 41.6. The smallest absolute Gasteiger partial charge is 0.416 e. The fourth-order valence-corrected chi connectivity index (χ4v) is 4.35. The first kappa shape index (κ1) is 22.8. The molecule has 0 unspecified atom stereocenters. The summed E-state index contributed by atoms with van der Waals surface area (Å²) in [5, 5.41) is 6.68. The van der Waals surface area contributed by atoms with Gasteiger partial charge in [-0.05, 0) is 55.1 Å². The van der Waals surface area contributed by atoms with Crippen molar-refractivity contribution < 1.29 is 23.5 Å². The molecule has 0 spiro atoms. The first-order valence-corrected chi connectivity index (χ1v) is 11.3. The lowest BCUT2D eigenvalue weighted by Gasteiger charge is -2.19. The van der Waals surface area contributed by atoms with Crippen molar-refractivity contribution >= 4 is 34.5 Å². The molecule has 2 amide bonds. The van der Waals surface area contributed by atoms with Crippen LogP contribution in [0.5, 0.6) is 5.75 Å². The predicted molar refractivity (Wildman–Crippen MR) is 126 cm³/mol. The summed E-state index contributed by atoms with van der Waals surface area (Å²) >= 11 is 0. The quantitative estimate of drug-likeness (QED) is 0.496. The molecular weight excluding hydrogens is 457 g/mol. The molecule has 35 heavy (non-hydrogen) atoms. The minimum absolute atomic E-state index is 0.0706. The van der Waals surface area contributed by atoms with Crippen molar-refractivity contribution in [1.29, 1.82) is 0 Å². The number of aromatic nitrogens is 2. The number of rotatable bonds is 7. The number of amides is 2. The summed E-state index contributed by atoms with van der Waals surface area (Å²) in [5.74, 6) is 0.434. The van der Waals surface area contributed by atoms with Gasteiger partial charge < -0.3 is 24.7 Å². The highest BCUT2D eigenvalue weighted by Crippen LogP contribution is 2.30. The van der Waals surface area contributed by atoms with E-state index in [0.29, 0.717) is 55.1 Å². The summed E-state index contributed by atoms with van der Waals surface area (Å²) in [7, 11) is 1.64. The first-order chi connectivity index (χ1) is 16.9. The van der Waals surface area contributed by atoms with Gasteiger partial charge in [-0.1, -0.05) is 0 Å². The lowest BCUT2D eigenvalue weighted by Crippen LogP contribution is -2.32. The van der Waals surface area contributed by atoms with Gasteiger partial charge in [0, 0.05) is 25.2 Å². The molecular formula is C24H24FN5O5. The van der Waals surface area contributed by atoms with Crippen LogP contribution < -0.4 is 25.8 Å². The van der Waals surface area contributed by atoms with Gasteiger partial charge >= 0.3 is 6.09 Å². The Morgan fingerprint density at radius 1 is 1.17 bits per heavy atom. The number of nitrogens with zero attached hydrogens (tertiary/aromatic N) is 3. The van der Waals surface area contributed by atoms with Gasteiger partial charge in [-0.15, -0.1) is 0 Å². The van der Waals surface area contributed by atoms with Crippen molar-refractivity contribution in [3.05, 3.63) is 58.1 Å². The molecule has 1 aromatic carbocycles. The van der Waals surface area contributed by atoms with E-state index in [0.717, 1.165) is 5.39 Å². The average molecular weight is 481 g/mol. The maximum atomic E-state index is 14.5. The van der Waals surface area contributed by atoms with Crippen molar-refractivity contribution in [2.24, 2.45) is 7.05 Å². The minimum atomic E-state index is -0.522. The van der Waals surface area contributed by atoms with Gasteiger partial charge in [0.2, 0.25) is 0 Å². The summed E-state index contributed by atoms with van der Waals surface area (Å²) in [5.41, 5.74) is 0.938. The van der Waals surface area contributed by atoms with Crippen LogP contribution in [0.3, 0.4) is 0 Å². The van der Waals surface area contributed by atoms with Crippen LogP contribution >= 0.6 is 0 Å². The van der Waals surface area contributed by atoms with E-state index >= 15 is 0 Å². The lowest BCUT2D eigenvalue weighted by molar-refractivity contribution is -0.118. The van der Waals surface area contributed by atoms with Crippen LogP contribution in [0.15, 0.2) is 41.2 Å². The highest BCUT2D eigenvalue weighted by atomic mass is 19.1. The predicted octanol–water partition coefficient (Wildman–Crippen LogP) is 1.95. The van der Waals surface area contributed by atoms with Crippen LogP contribution in [0.4, 0.5) is 20.8 Å². The number of hydrogen-bond acceptors (Lipinski definition) is 7. The molecule has 182 valence electrons. The molecule has 10 nitrogen and oxygen atoms in total. The molecule has 0 radical (unpaired) electrons. The Kier molecular flexibility index (Phi) is 6.08. The fourth-order valence-electron chi connectivity index (χ4n) is 4.35. The topological polar surface area (TPSA) is 115 Å². The van der Waals surface area contributed by atoms with E-state index in [-0.39, 0.29) is 35.8 Å². The van der Waals surface area contributed by atoms with Gasteiger partial charge in [0.15, 0.2) is 18.2 Å². The molecule has 0 aliphatic carbocycles. The van der Waals surface area contributed by atoms with Crippen LogP contribution in [-0.4, -0.2) is 53.9 Å². The maximum absolute atomic E-state index is 14.5. The number of hydrogen-bond donors (Lipinski definition) is 2. The van der Waals surface area contributed by atoms with E-state index < -0.39 is 6.09 Å². The highest BCUT2D eigenvalue weighted by Gasteiger charge is 2.33. The standard InChI is InChI=1S/C24H24FN5O5/c1-29-21(32)9-5-14-4-6-17(25)16(22(14)29)3-2-10-26-11-15-12-30(24(33)35-15)19-8-7-18-23(27-19)28-20(31)13-34-18/h4-9,15,26H,2-3,10-13H2,1H3,(H,27,28,31)/t15-/m0/s1. The number of anilines is 2. The molecule has 2 aliphatic heterocycles. The van der Waals surface area contributed by atoms with Crippen LogP contribution in [0, 0.1) is 5.82 Å². The number of carbonyl (C=O) groups excluding carboxylic acids is 2. The minimum Gasteiger partial charge on any atom is -0.480 e. The Balaban J connectivity index is 1.15. The number of pyridine rings is 2. The number of ether oxygens (including phenoxy) is 2. The Morgan fingerprint density at radius 2 is 2.00 bits per heavy atom. The molecule has 2 aliphatic rings. The van der Waals surface area contributed by atoms with Gasteiger partial charge in [-0.3, -0.25) is 14.5 Å². The molecule has 4 heterocycles. The Hall–Kier alpha value is -3.99. The molecule has 3 aromatic rings. The SMILES string of the molecule is Cn1c(=O)ccc2ccc(F)c(CCCNC[C@H]3CN(c4ccc5c(n4)NC(=O)CO5)C(=O)O3)c21. The van der Waals surface area contributed by atoms with Gasteiger partial charge in [0.25, 0.3) is 11.5 Å². The normalized spacial score (nSPS) is 17.2. The summed E-state index contributed by atoms with van der Waals surface area (Å²) in [6.45, 7) is 1.22.